The second kappa shape index (κ2) is 4.26. The molecule has 13 heavy (non-hydrogen) atoms. The van der Waals surface area contributed by atoms with Crippen LogP contribution in [0.5, 0.6) is 0 Å². The minimum atomic E-state index is -0.654. The van der Waals surface area contributed by atoms with Gasteiger partial charge in [0, 0.05) is 10.7 Å². The molecule has 0 radical (unpaired) electrons. The molecular weight excluding hydrogens is 232 g/mol. The van der Waals surface area contributed by atoms with Crippen molar-refractivity contribution >= 4 is 21.7 Å². The van der Waals surface area contributed by atoms with Crippen molar-refractivity contribution in [2.75, 3.05) is 5.73 Å². The van der Waals surface area contributed by atoms with Crippen molar-refractivity contribution in [1.29, 1.82) is 0 Å². The van der Waals surface area contributed by atoms with Gasteiger partial charge in [0.2, 0.25) is 0 Å². The number of anilines is 1. The maximum absolute atomic E-state index is 8.93. The molecule has 0 amide bonds. The second-order valence-corrected chi connectivity index (χ2v) is 3.45. The number of pyridine rings is 1. The molecule has 1 atom stereocenters. The van der Waals surface area contributed by atoms with Crippen LogP contribution in [0.25, 0.3) is 0 Å². The first-order chi connectivity index (χ1) is 6.09. The molecule has 0 saturated heterocycles. The van der Waals surface area contributed by atoms with Gasteiger partial charge in [-0.25, -0.2) is 4.98 Å². The van der Waals surface area contributed by atoms with Gasteiger partial charge in [-0.15, -0.1) is 0 Å². The van der Waals surface area contributed by atoms with Crippen LogP contribution in [0.3, 0.4) is 0 Å². The third-order valence-corrected chi connectivity index (χ3v) is 1.73. The number of nitrogens with zero attached hydrogens (tertiary/aromatic N) is 1. The predicted molar refractivity (Wildman–Crippen MR) is 54.9 cm³/mol. The van der Waals surface area contributed by atoms with E-state index in [1.807, 2.05) is 0 Å². The van der Waals surface area contributed by atoms with E-state index in [0.29, 0.717) is 11.4 Å². The quantitative estimate of drug-likeness (QED) is 0.670. The molecule has 1 aromatic rings. The zero-order valence-electron chi connectivity index (χ0n) is 7.08. The summed E-state index contributed by atoms with van der Waals surface area (Å²) in [4.78, 5) is 3.90. The second-order valence-electron chi connectivity index (χ2n) is 2.53. The van der Waals surface area contributed by atoms with E-state index in [1.54, 1.807) is 19.2 Å². The summed E-state index contributed by atoms with van der Waals surface area (Å²) in [6.07, 6.45) is 0.946. The molecule has 0 bridgehead atoms. The number of hydrogen-bond donors (Lipinski definition) is 2. The molecule has 1 aromatic heterocycles. The average molecular weight is 241 g/mol. The standard InChI is InChI=1S/C9H9BrN2O/c1-6(13)2-3-7-4-8(10)5-12-9(7)11/h4-6,13H,1H3,(H2,11,12)/t6-/m1/s1. The van der Waals surface area contributed by atoms with E-state index in [-0.39, 0.29) is 0 Å². The summed E-state index contributed by atoms with van der Waals surface area (Å²) in [5, 5.41) is 8.93. The van der Waals surface area contributed by atoms with E-state index in [0.717, 1.165) is 4.47 Å². The molecule has 1 heterocycles. The normalized spacial score (nSPS) is 11.6. The topological polar surface area (TPSA) is 59.1 Å². The predicted octanol–water partition coefficient (Wildman–Crippen LogP) is 1.16. The summed E-state index contributed by atoms with van der Waals surface area (Å²) >= 11 is 3.25. The smallest absolute Gasteiger partial charge is 0.139 e. The summed E-state index contributed by atoms with van der Waals surface area (Å²) in [5.74, 6) is 5.70. The number of rotatable bonds is 0. The van der Waals surface area contributed by atoms with Gasteiger partial charge in [0.15, 0.2) is 0 Å². The molecule has 68 valence electrons. The summed E-state index contributed by atoms with van der Waals surface area (Å²) in [5.41, 5.74) is 6.18. The van der Waals surface area contributed by atoms with E-state index >= 15 is 0 Å². The number of aromatic nitrogens is 1. The van der Waals surface area contributed by atoms with Crippen molar-refractivity contribution in [3.05, 3.63) is 22.3 Å². The first-order valence-electron chi connectivity index (χ1n) is 3.70. The van der Waals surface area contributed by atoms with Gasteiger partial charge in [0.25, 0.3) is 0 Å². The first-order valence-corrected chi connectivity index (χ1v) is 4.49. The van der Waals surface area contributed by atoms with E-state index in [2.05, 4.69) is 32.8 Å². The van der Waals surface area contributed by atoms with Crippen LogP contribution in [0.2, 0.25) is 0 Å². The molecule has 0 spiro atoms. The van der Waals surface area contributed by atoms with Gasteiger partial charge < -0.3 is 10.8 Å². The van der Waals surface area contributed by atoms with E-state index in [4.69, 9.17) is 10.8 Å². The van der Waals surface area contributed by atoms with Gasteiger partial charge in [0.1, 0.15) is 11.9 Å². The van der Waals surface area contributed by atoms with Gasteiger partial charge in [-0.3, -0.25) is 0 Å². The molecule has 0 fully saturated rings. The molecule has 0 aliphatic heterocycles. The van der Waals surface area contributed by atoms with Gasteiger partial charge in [-0.05, 0) is 28.9 Å². The van der Waals surface area contributed by atoms with Crippen molar-refractivity contribution < 1.29 is 5.11 Å². The first kappa shape index (κ1) is 10.0. The highest BCUT2D eigenvalue weighted by molar-refractivity contribution is 9.10. The van der Waals surface area contributed by atoms with E-state index < -0.39 is 6.10 Å². The van der Waals surface area contributed by atoms with Gasteiger partial charge in [0.05, 0.1) is 5.56 Å². The van der Waals surface area contributed by atoms with Gasteiger partial charge >= 0.3 is 0 Å². The number of aliphatic hydroxyl groups is 1. The van der Waals surface area contributed by atoms with Crippen LogP contribution in [0.15, 0.2) is 16.7 Å². The molecule has 3 nitrogen and oxygen atoms in total. The SMILES string of the molecule is C[C@@H](O)C#Cc1cc(Br)cnc1N. The number of nitrogen functional groups attached to an aromatic ring is 1. The number of hydrogen-bond acceptors (Lipinski definition) is 3. The Morgan fingerprint density at radius 2 is 2.38 bits per heavy atom. The fourth-order valence-electron chi connectivity index (χ4n) is 0.732. The fourth-order valence-corrected chi connectivity index (χ4v) is 1.06. The minimum absolute atomic E-state index is 0.372. The van der Waals surface area contributed by atoms with Gasteiger partial charge in [-0.2, -0.15) is 0 Å². The third kappa shape index (κ3) is 3.05. The lowest BCUT2D eigenvalue weighted by Crippen LogP contribution is -1.96. The summed E-state index contributed by atoms with van der Waals surface area (Å²) in [6.45, 7) is 1.59. The maximum Gasteiger partial charge on any atom is 0.139 e. The molecule has 0 aliphatic carbocycles. The molecule has 0 saturated carbocycles. The van der Waals surface area contributed by atoms with Crippen molar-refractivity contribution in [1.82, 2.24) is 4.98 Å². The summed E-state index contributed by atoms with van der Waals surface area (Å²) in [7, 11) is 0. The largest absolute Gasteiger partial charge is 0.383 e. The molecule has 4 heteroatoms. The van der Waals surface area contributed by atoms with Crippen molar-refractivity contribution in [3.8, 4) is 11.8 Å². The third-order valence-electron chi connectivity index (χ3n) is 1.30. The summed E-state index contributed by atoms with van der Waals surface area (Å²) in [6, 6.07) is 1.76. The number of aliphatic hydroxyl groups excluding tert-OH is 1. The molecule has 0 aromatic carbocycles. The van der Waals surface area contributed by atoms with Crippen LogP contribution in [-0.4, -0.2) is 16.2 Å². The molecule has 0 unspecified atom stereocenters. The highest BCUT2D eigenvalue weighted by atomic mass is 79.9. The monoisotopic (exact) mass is 240 g/mol. The Hall–Kier alpha value is -1.05. The van der Waals surface area contributed by atoms with Crippen molar-refractivity contribution in [2.24, 2.45) is 0 Å². The van der Waals surface area contributed by atoms with Crippen LogP contribution in [-0.2, 0) is 0 Å². The molecular formula is C9H9BrN2O. The molecule has 1 rings (SSSR count). The zero-order valence-corrected chi connectivity index (χ0v) is 8.67. The highest BCUT2D eigenvalue weighted by Gasteiger charge is 1.97. The van der Waals surface area contributed by atoms with Crippen LogP contribution >= 0.6 is 15.9 Å². The Labute approximate surface area is 85.1 Å². The Bertz CT molecular complexity index is 366. The fraction of sp³-hybridized carbons (Fsp3) is 0.222. The zero-order chi connectivity index (χ0) is 9.84. The Balaban J connectivity index is 3.02. The van der Waals surface area contributed by atoms with E-state index in [9.17, 15) is 0 Å². The average Bonchev–Trinajstić information content (AvgIpc) is 2.06. The van der Waals surface area contributed by atoms with Crippen molar-refractivity contribution in [3.63, 3.8) is 0 Å². The Kier molecular flexibility index (Phi) is 3.29. The Morgan fingerprint density at radius 3 is 3.00 bits per heavy atom. The van der Waals surface area contributed by atoms with Crippen LogP contribution in [0.4, 0.5) is 5.82 Å². The van der Waals surface area contributed by atoms with E-state index in [1.165, 1.54) is 0 Å². The number of halogens is 1. The number of nitrogens with two attached hydrogens (primary N) is 1. The van der Waals surface area contributed by atoms with Gasteiger partial charge in [-0.1, -0.05) is 11.8 Å². The van der Waals surface area contributed by atoms with Crippen molar-refractivity contribution in [2.45, 2.75) is 13.0 Å². The lowest BCUT2D eigenvalue weighted by molar-refractivity contribution is 0.253. The molecule has 3 N–H and O–H groups in total. The summed E-state index contributed by atoms with van der Waals surface area (Å²) < 4.78 is 0.816. The Morgan fingerprint density at radius 1 is 1.69 bits per heavy atom. The van der Waals surface area contributed by atoms with Crippen LogP contribution in [0.1, 0.15) is 12.5 Å². The molecule has 0 aliphatic rings. The highest BCUT2D eigenvalue weighted by Crippen LogP contribution is 2.13. The minimum Gasteiger partial charge on any atom is -0.383 e. The lowest BCUT2D eigenvalue weighted by Gasteiger charge is -1.97. The maximum atomic E-state index is 8.93. The van der Waals surface area contributed by atoms with Crippen LogP contribution in [0, 0.1) is 11.8 Å². The van der Waals surface area contributed by atoms with Crippen LogP contribution < -0.4 is 5.73 Å². The lowest BCUT2D eigenvalue weighted by atomic mass is 10.2.